The highest BCUT2D eigenvalue weighted by Gasteiger charge is 2.31. The lowest BCUT2D eigenvalue weighted by Gasteiger charge is -2.38. The van der Waals surface area contributed by atoms with Crippen LogP contribution in [0.4, 0.5) is 4.39 Å². The van der Waals surface area contributed by atoms with Gasteiger partial charge < -0.3 is 5.32 Å². The maximum absolute atomic E-state index is 12.9. The van der Waals surface area contributed by atoms with E-state index in [-0.39, 0.29) is 5.82 Å². The van der Waals surface area contributed by atoms with Crippen molar-refractivity contribution in [1.82, 2.24) is 5.32 Å². The molecule has 0 spiro atoms. The Morgan fingerprint density at radius 1 is 1.10 bits per heavy atom. The summed E-state index contributed by atoms with van der Waals surface area (Å²) in [5.41, 5.74) is 3.91. The molecular formula is C19H22FN. The second kappa shape index (κ2) is 5.98. The van der Waals surface area contributed by atoms with Crippen molar-refractivity contribution in [2.45, 2.75) is 44.7 Å². The van der Waals surface area contributed by atoms with Crippen LogP contribution in [0.1, 0.15) is 48.4 Å². The Balaban J connectivity index is 1.54. The molecule has 0 aliphatic heterocycles. The minimum absolute atomic E-state index is 0.152. The molecule has 3 rings (SSSR count). The first-order valence-electron chi connectivity index (χ1n) is 7.70. The van der Waals surface area contributed by atoms with Gasteiger partial charge in [-0.3, -0.25) is 0 Å². The van der Waals surface area contributed by atoms with Crippen molar-refractivity contribution in [1.29, 1.82) is 0 Å². The normalized spacial score (nSPS) is 22.6. The molecule has 2 aromatic carbocycles. The highest BCUT2D eigenvalue weighted by Crippen LogP contribution is 2.37. The smallest absolute Gasteiger partial charge is 0.123 e. The summed E-state index contributed by atoms with van der Waals surface area (Å²) in [5.74, 6) is 0.425. The van der Waals surface area contributed by atoms with E-state index in [1.165, 1.54) is 16.7 Å². The van der Waals surface area contributed by atoms with Crippen LogP contribution in [0.25, 0.3) is 0 Å². The van der Waals surface area contributed by atoms with E-state index < -0.39 is 0 Å². The molecule has 1 N–H and O–H groups in total. The van der Waals surface area contributed by atoms with Gasteiger partial charge in [-0.05, 0) is 55.9 Å². The average molecular weight is 283 g/mol. The Labute approximate surface area is 126 Å². The number of rotatable bonds is 4. The van der Waals surface area contributed by atoms with Crippen LogP contribution in [0.2, 0.25) is 0 Å². The Hall–Kier alpha value is -1.67. The third-order valence-electron chi connectivity index (χ3n) is 4.51. The van der Waals surface area contributed by atoms with Crippen LogP contribution >= 0.6 is 0 Å². The molecule has 0 unspecified atom stereocenters. The predicted octanol–water partition coefficient (Wildman–Crippen LogP) is 4.73. The molecule has 1 fully saturated rings. The molecule has 0 aromatic heterocycles. The van der Waals surface area contributed by atoms with Gasteiger partial charge in [0.1, 0.15) is 5.82 Å². The van der Waals surface area contributed by atoms with E-state index in [1.807, 2.05) is 12.1 Å². The first-order valence-corrected chi connectivity index (χ1v) is 7.70. The van der Waals surface area contributed by atoms with Crippen LogP contribution < -0.4 is 5.32 Å². The number of aryl methyl sites for hydroxylation is 1. The molecule has 21 heavy (non-hydrogen) atoms. The average Bonchev–Trinajstić information content (AvgIpc) is 2.43. The zero-order valence-corrected chi connectivity index (χ0v) is 12.6. The lowest BCUT2D eigenvalue weighted by Crippen LogP contribution is -2.41. The fraction of sp³-hybridized carbons (Fsp3) is 0.368. The zero-order valence-electron chi connectivity index (χ0n) is 12.6. The SMILES string of the molecule is Cc1cccc([C@@H](C)NC2CC(c3ccc(F)cc3)C2)c1. The van der Waals surface area contributed by atoms with E-state index in [9.17, 15) is 4.39 Å². The number of hydrogen-bond acceptors (Lipinski definition) is 1. The van der Waals surface area contributed by atoms with Gasteiger partial charge in [0, 0.05) is 12.1 Å². The highest BCUT2D eigenvalue weighted by atomic mass is 19.1. The molecule has 1 aliphatic carbocycles. The highest BCUT2D eigenvalue weighted by molar-refractivity contribution is 5.26. The molecule has 2 aromatic rings. The molecule has 1 nitrogen and oxygen atoms in total. The maximum atomic E-state index is 12.9. The van der Waals surface area contributed by atoms with E-state index in [2.05, 4.69) is 43.4 Å². The van der Waals surface area contributed by atoms with E-state index in [0.29, 0.717) is 18.0 Å². The summed E-state index contributed by atoms with van der Waals surface area (Å²) in [6.45, 7) is 4.35. The van der Waals surface area contributed by atoms with Gasteiger partial charge in [-0.25, -0.2) is 4.39 Å². The standard InChI is InChI=1S/C19H22FN/c1-13-4-3-5-16(10-13)14(2)21-19-11-17(12-19)15-6-8-18(20)9-7-15/h3-10,14,17,19,21H,11-12H2,1-2H3/t14-,17?,19?/m1/s1. The van der Waals surface area contributed by atoms with Crippen LogP contribution in [-0.4, -0.2) is 6.04 Å². The quantitative estimate of drug-likeness (QED) is 0.855. The summed E-state index contributed by atoms with van der Waals surface area (Å²) in [6, 6.07) is 16.6. The molecule has 2 heteroatoms. The first kappa shape index (κ1) is 14.3. The van der Waals surface area contributed by atoms with Gasteiger partial charge in [0.15, 0.2) is 0 Å². The molecule has 0 amide bonds. The van der Waals surface area contributed by atoms with Gasteiger partial charge >= 0.3 is 0 Å². The Bertz CT molecular complexity index is 599. The van der Waals surface area contributed by atoms with Crippen LogP contribution in [0.5, 0.6) is 0 Å². The van der Waals surface area contributed by atoms with Crippen molar-refractivity contribution in [2.24, 2.45) is 0 Å². The molecule has 0 saturated heterocycles. The van der Waals surface area contributed by atoms with E-state index in [4.69, 9.17) is 0 Å². The van der Waals surface area contributed by atoms with Crippen LogP contribution in [0.15, 0.2) is 48.5 Å². The van der Waals surface area contributed by atoms with Gasteiger partial charge in [-0.1, -0.05) is 42.0 Å². The number of nitrogens with one attached hydrogen (secondary N) is 1. The summed E-state index contributed by atoms with van der Waals surface area (Å²) in [5, 5.41) is 3.70. The molecule has 110 valence electrons. The first-order chi connectivity index (χ1) is 10.1. The minimum atomic E-state index is -0.152. The van der Waals surface area contributed by atoms with Crippen molar-refractivity contribution in [2.75, 3.05) is 0 Å². The summed E-state index contributed by atoms with van der Waals surface area (Å²) in [6.07, 6.45) is 2.28. The number of hydrogen-bond donors (Lipinski definition) is 1. The molecule has 0 bridgehead atoms. The zero-order chi connectivity index (χ0) is 14.8. The summed E-state index contributed by atoms with van der Waals surface area (Å²) < 4.78 is 12.9. The number of benzene rings is 2. The minimum Gasteiger partial charge on any atom is -0.307 e. The topological polar surface area (TPSA) is 12.0 Å². The van der Waals surface area contributed by atoms with Gasteiger partial charge in [0.05, 0.1) is 0 Å². The Morgan fingerprint density at radius 3 is 2.48 bits per heavy atom. The number of halogens is 1. The second-order valence-corrected chi connectivity index (χ2v) is 6.22. The van der Waals surface area contributed by atoms with E-state index >= 15 is 0 Å². The van der Waals surface area contributed by atoms with E-state index in [0.717, 1.165) is 12.8 Å². The van der Waals surface area contributed by atoms with Crippen molar-refractivity contribution >= 4 is 0 Å². The fourth-order valence-corrected chi connectivity index (χ4v) is 3.15. The van der Waals surface area contributed by atoms with Crippen molar-refractivity contribution in [3.05, 3.63) is 71.0 Å². The van der Waals surface area contributed by atoms with Gasteiger partial charge in [0.2, 0.25) is 0 Å². The summed E-state index contributed by atoms with van der Waals surface area (Å²) in [4.78, 5) is 0. The fourth-order valence-electron chi connectivity index (χ4n) is 3.15. The third-order valence-corrected chi connectivity index (χ3v) is 4.51. The molecule has 1 saturated carbocycles. The predicted molar refractivity (Wildman–Crippen MR) is 84.9 cm³/mol. The van der Waals surface area contributed by atoms with Crippen molar-refractivity contribution < 1.29 is 4.39 Å². The van der Waals surface area contributed by atoms with Crippen molar-refractivity contribution in [3.63, 3.8) is 0 Å². The molecule has 1 atom stereocenters. The third kappa shape index (κ3) is 3.33. The Kier molecular flexibility index (Phi) is 4.07. The van der Waals surface area contributed by atoms with Crippen LogP contribution in [0, 0.1) is 12.7 Å². The van der Waals surface area contributed by atoms with Gasteiger partial charge in [0.25, 0.3) is 0 Å². The summed E-state index contributed by atoms with van der Waals surface area (Å²) >= 11 is 0. The summed E-state index contributed by atoms with van der Waals surface area (Å²) in [7, 11) is 0. The van der Waals surface area contributed by atoms with E-state index in [1.54, 1.807) is 12.1 Å². The lowest BCUT2D eigenvalue weighted by atomic mass is 9.75. The molecular weight excluding hydrogens is 261 g/mol. The lowest BCUT2D eigenvalue weighted by molar-refractivity contribution is 0.271. The molecule has 0 radical (unpaired) electrons. The molecule has 0 heterocycles. The van der Waals surface area contributed by atoms with Gasteiger partial charge in [-0.2, -0.15) is 0 Å². The van der Waals surface area contributed by atoms with Crippen LogP contribution in [-0.2, 0) is 0 Å². The monoisotopic (exact) mass is 283 g/mol. The maximum Gasteiger partial charge on any atom is 0.123 e. The largest absolute Gasteiger partial charge is 0.307 e. The van der Waals surface area contributed by atoms with Gasteiger partial charge in [-0.15, -0.1) is 0 Å². The van der Waals surface area contributed by atoms with Crippen LogP contribution in [0.3, 0.4) is 0 Å². The Morgan fingerprint density at radius 2 is 1.81 bits per heavy atom. The second-order valence-electron chi connectivity index (χ2n) is 6.22. The molecule has 1 aliphatic rings. The van der Waals surface area contributed by atoms with Crippen molar-refractivity contribution in [3.8, 4) is 0 Å².